The van der Waals surface area contributed by atoms with Crippen LogP contribution in [0.15, 0.2) is 42.5 Å². The Balaban J connectivity index is 1.91. The molecule has 8 heteroatoms. The van der Waals surface area contributed by atoms with E-state index in [1.807, 2.05) is 32.0 Å². The molecule has 2 aromatic rings. The lowest BCUT2D eigenvalue weighted by molar-refractivity contribution is -0.143. The SMILES string of the molecule is COc1ccc(NC(=O)C(c2cc(C)cc(C)c2)N(C(=O)CNC(=O)OC(C)(C)C)C2CCC2)cc1. The molecule has 2 N–H and O–H groups in total. The van der Waals surface area contributed by atoms with E-state index in [4.69, 9.17) is 9.47 Å². The Hall–Kier alpha value is -3.55. The summed E-state index contributed by atoms with van der Waals surface area (Å²) in [6.07, 6.45) is 1.91. The lowest BCUT2D eigenvalue weighted by atomic mass is 9.88. The maximum Gasteiger partial charge on any atom is 0.408 e. The molecule has 2 aromatic carbocycles. The summed E-state index contributed by atoms with van der Waals surface area (Å²) in [6, 6.07) is 12.0. The van der Waals surface area contributed by atoms with Crippen molar-refractivity contribution in [3.8, 4) is 5.75 Å². The molecule has 36 heavy (non-hydrogen) atoms. The molecule has 3 amide bonds. The van der Waals surface area contributed by atoms with Gasteiger partial charge >= 0.3 is 6.09 Å². The molecule has 0 saturated heterocycles. The van der Waals surface area contributed by atoms with Crippen molar-refractivity contribution in [2.24, 2.45) is 0 Å². The van der Waals surface area contributed by atoms with Crippen LogP contribution in [0, 0.1) is 13.8 Å². The predicted molar refractivity (Wildman–Crippen MR) is 139 cm³/mol. The quantitative estimate of drug-likeness (QED) is 0.543. The molecular weight excluding hydrogens is 458 g/mol. The number of alkyl carbamates (subject to hydrolysis) is 1. The smallest absolute Gasteiger partial charge is 0.408 e. The zero-order valence-corrected chi connectivity index (χ0v) is 22.0. The fourth-order valence-electron chi connectivity index (χ4n) is 4.27. The molecule has 1 fully saturated rings. The van der Waals surface area contributed by atoms with Crippen molar-refractivity contribution in [1.82, 2.24) is 10.2 Å². The number of nitrogens with one attached hydrogen (secondary N) is 2. The average molecular weight is 496 g/mol. The van der Waals surface area contributed by atoms with E-state index < -0.39 is 17.7 Å². The van der Waals surface area contributed by atoms with Gasteiger partial charge in [-0.05, 0) is 83.7 Å². The van der Waals surface area contributed by atoms with Crippen LogP contribution in [0.1, 0.15) is 62.8 Å². The predicted octanol–water partition coefficient (Wildman–Crippen LogP) is 4.90. The van der Waals surface area contributed by atoms with Crippen molar-refractivity contribution in [2.75, 3.05) is 19.0 Å². The first-order chi connectivity index (χ1) is 17.0. The Morgan fingerprint density at radius 3 is 2.14 bits per heavy atom. The number of ether oxygens (including phenoxy) is 2. The molecule has 194 valence electrons. The highest BCUT2D eigenvalue weighted by Crippen LogP contribution is 2.34. The highest BCUT2D eigenvalue weighted by Gasteiger charge is 2.39. The number of nitrogens with zero attached hydrogens (tertiary/aromatic N) is 1. The van der Waals surface area contributed by atoms with E-state index in [0.29, 0.717) is 11.4 Å². The van der Waals surface area contributed by atoms with Gasteiger partial charge in [0.1, 0.15) is 23.9 Å². The van der Waals surface area contributed by atoms with Crippen molar-refractivity contribution < 1.29 is 23.9 Å². The van der Waals surface area contributed by atoms with Crippen LogP contribution in [0.5, 0.6) is 5.75 Å². The summed E-state index contributed by atoms with van der Waals surface area (Å²) in [5.74, 6) is 0.0284. The minimum atomic E-state index is -0.857. The molecular formula is C28H37N3O5. The van der Waals surface area contributed by atoms with E-state index in [-0.39, 0.29) is 24.4 Å². The molecule has 0 aromatic heterocycles. The summed E-state index contributed by atoms with van der Waals surface area (Å²) in [6.45, 7) is 8.95. The molecule has 0 radical (unpaired) electrons. The molecule has 3 rings (SSSR count). The number of anilines is 1. The van der Waals surface area contributed by atoms with E-state index >= 15 is 0 Å². The van der Waals surface area contributed by atoms with Gasteiger partial charge in [-0.1, -0.05) is 29.3 Å². The normalized spacial score (nSPS) is 14.3. The average Bonchev–Trinajstić information content (AvgIpc) is 2.74. The van der Waals surface area contributed by atoms with Gasteiger partial charge in [0.15, 0.2) is 0 Å². The standard InChI is InChI=1S/C28H37N3O5/c1-18-14-19(2)16-20(15-18)25(26(33)30-21-10-12-23(35-6)13-11-21)31(22-8-7-9-22)24(32)17-29-27(34)36-28(3,4)5/h10-16,22,25H,7-9,17H2,1-6H3,(H,29,34)(H,30,33). The van der Waals surface area contributed by atoms with E-state index in [1.54, 1.807) is 57.0 Å². The second-order valence-electron chi connectivity index (χ2n) is 10.3. The molecule has 1 unspecified atom stereocenters. The molecule has 1 aliphatic carbocycles. The second-order valence-corrected chi connectivity index (χ2v) is 10.3. The fourth-order valence-corrected chi connectivity index (χ4v) is 4.27. The minimum absolute atomic E-state index is 0.0922. The molecule has 1 atom stereocenters. The maximum atomic E-state index is 13.8. The lowest BCUT2D eigenvalue weighted by Crippen LogP contribution is -2.53. The van der Waals surface area contributed by atoms with E-state index in [0.717, 1.165) is 36.0 Å². The van der Waals surface area contributed by atoms with Crippen molar-refractivity contribution in [2.45, 2.75) is 71.6 Å². The summed E-state index contributed by atoms with van der Waals surface area (Å²) in [5.41, 5.74) is 2.65. The Morgan fingerprint density at radius 2 is 1.64 bits per heavy atom. The van der Waals surface area contributed by atoms with Crippen LogP contribution in [0.3, 0.4) is 0 Å². The third-order valence-electron chi connectivity index (χ3n) is 5.98. The second kappa shape index (κ2) is 11.5. The number of amides is 3. The van der Waals surface area contributed by atoms with Crippen molar-refractivity contribution in [1.29, 1.82) is 0 Å². The van der Waals surface area contributed by atoms with Gasteiger partial charge < -0.3 is 25.0 Å². The van der Waals surface area contributed by atoms with Gasteiger partial charge in [0, 0.05) is 11.7 Å². The van der Waals surface area contributed by atoms with Gasteiger partial charge in [0.2, 0.25) is 5.91 Å². The fraction of sp³-hybridized carbons (Fsp3) is 0.464. The Bertz CT molecular complexity index is 1070. The van der Waals surface area contributed by atoms with Crippen LogP contribution in [-0.4, -0.2) is 48.1 Å². The van der Waals surface area contributed by atoms with Crippen molar-refractivity contribution >= 4 is 23.6 Å². The number of rotatable bonds is 8. The third-order valence-corrected chi connectivity index (χ3v) is 5.98. The zero-order valence-electron chi connectivity index (χ0n) is 22.0. The highest BCUT2D eigenvalue weighted by atomic mass is 16.6. The van der Waals surface area contributed by atoms with Gasteiger partial charge in [-0.3, -0.25) is 9.59 Å². The molecule has 8 nitrogen and oxygen atoms in total. The summed E-state index contributed by atoms with van der Waals surface area (Å²) in [7, 11) is 1.58. The molecule has 0 heterocycles. The monoisotopic (exact) mass is 495 g/mol. The lowest BCUT2D eigenvalue weighted by Gasteiger charge is -2.42. The molecule has 1 saturated carbocycles. The van der Waals surface area contributed by atoms with Gasteiger partial charge in [-0.15, -0.1) is 0 Å². The molecule has 1 aliphatic rings. The van der Waals surface area contributed by atoms with Crippen LogP contribution in [-0.2, 0) is 14.3 Å². The molecule has 0 aliphatic heterocycles. The van der Waals surface area contributed by atoms with Gasteiger partial charge in [0.05, 0.1) is 7.11 Å². The highest BCUT2D eigenvalue weighted by molar-refractivity contribution is 5.98. The number of methoxy groups -OCH3 is 1. The number of aryl methyl sites for hydroxylation is 2. The van der Waals surface area contributed by atoms with Gasteiger partial charge in [-0.2, -0.15) is 0 Å². The first kappa shape index (κ1) is 27.0. The Kier molecular flexibility index (Phi) is 8.61. The van der Waals surface area contributed by atoms with Crippen molar-refractivity contribution in [3.63, 3.8) is 0 Å². The van der Waals surface area contributed by atoms with Gasteiger partial charge in [-0.25, -0.2) is 4.79 Å². The summed E-state index contributed by atoms with van der Waals surface area (Å²) >= 11 is 0. The Morgan fingerprint density at radius 1 is 1.03 bits per heavy atom. The van der Waals surface area contributed by atoms with E-state index in [9.17, 15) is 14.4 Å². The maximum absolute atomic E-state index is 13.8. The van der Waals surface area contributed by atoms with Crippen LogP contribution in [0.25, 0.3) is 0 Å². The number of carbonyl (C=O) groups is 3. The number of hydrogen-bond donors (Lipinski definition) is 2. The number of hydrogen-bond acceptors (Lipinski definition) is 5. The largest absolute Gasteiger partial charge is 0.497 e. The van der Waals surface area contributed by atoms with Crippen LogP contribution >= 0.6 is 0 Å². The van der Waals surface area contributed by atoms with Crippen LogP contribution < -0.4 is 15.4 Å². The first-order valence-electron chi connectivity index (χ1n) is 12.3. The van der Waals surface area contributed by atoms with Crippen LogP contribution in [0.2, 0.25) is 0 Å². The van der Waals surface area contributed by atoms with Gasteiger partial charge in [0.25, 0.3) is 5.91 Å². The van der Waals surface area contributed by atoms with E-state index in [1.165, 1.54) is 0 Å². The number of carbonyl (C=O) groups excluding carboxylic acids is 3. The summed E-state index contributed by atoms with van der Waals surface area (Å²) in [4.78, 5) is 41.1. The summed E-state index contributed by atoms with van der Waals surface area (Å²) in [5, 5.41) is 5.52. The molecule has 0 spiro atoms. The molecule has 0 bridgehead atoms. The summed E-state index contributed by atoms with van der Waals surface area (Å²) < 4.78 is 10.5. The topological polar surface area (TPSA) is 97.0 Å². The van der Waals surface area contributed by atoms with Crippen LogP contribution in [0.4, 0.5) is 10.5 Å². The zero-order chi connectivity index (χ0) is 26.5. The Labute approximate surface area is 213 Å². The van der Waals surface area contributed by atoms with Crippen molar-refractivity contribution in [3.05, 3.63) is 59.2 Å². The minimum Gasteiger partial charge on any atom is -0.497 e. The third kappa shape index (κ3) is 7.23. The number of benzene rings is 2. The first-order valence-corrected chi connectivity index (χ1v) is 12.3. The van der Waals surface area contributed by atoms with E-state index in [2.05, 4.69) is 10.6 Å².